The van der Waals surface area contributed by atoms with Gasteiger partial charge in [0, 0.05) is 18.7 Å². The largest absolute Gasteiger partial charge is 0.508 e. The van der Waals surface area contributed by atoms with Gasteiger partial charge in [0.25, 0.3) is 5.91 Å². The Balaban J connectivity index is 1.98. The number of benzene rings is 1. The van der Waals surface area contributed by atoms with Crippen molar-refractivity contribution in [2.24, 2.45) is 5.92 Å². The number of phenolic OH excluding ortho intramolecular Hbond substituents is 1. The molecule has 19 heavy (non-hydrogen) atoms. The molecule has 1 aliphatic rings. The number of methoxy groups -OCH3 is 1. The zero-order chi connectivity index (χ0) is 13.8. The van der Waals surface area contributed by atoms with E-state index in [0.717, 1.165) is 0 Å². The standard InChI is InChI=1S/C14H17NO4/c1-19-14(18)10-5-7-15(8-6-10)13(17)11-3-2-4-12(16)9-11/h2-4,9-10,16H,5-8H2,1H3. The summed E-state index contributed by atoms with van der Waals surface area (Å²) < 4.78 is 4.71. The molecule has 1 aromatic carbocycles. The van der Waals surface area contributed by atoms with Crippen molar-refractivity contribution >= 4 is 11.9 Å². The maximum atomic E-state index is 12.2. The molecule has 0 bridgehead atoms. The van der Waals surface area contributed by atoms with Crippen LogP contribution in [0.5, 0.6) is 5.75 Å². The number of likely N-dealkylation sites (tertiary alicyclic amines) is 1. The van der Waals surface area contributed by atoms with E-state index in [1.54, 1.807) is 17.0 Å². The number of hydrogen-bond donors (Lipinski definition) is 1. The highest BCUT2D eigenvalue weighted by Crippen LogP contribution is 2.21. The molecule has 0 saturated carbocycles. The van der Waals surface area contributed by atoms with Gasteiger partial charge in [-0.1, -0.05) is 6.07 Å². The highest BCUT2D eigenvalue weighted by molar-refractivity contribution is 5.94. The molecule has 5 heteroatoms. The van der Waals surface area contributed by atoms with Crippen LogP contribution in [0.1, 0.15) is 23.2 Å². The third-order valence-corrected chi connectivity index (χ3v) is 3.41. The normalized spacial score (nSPS) is 16.2. The molecule has 102 valence electrons. The van der Waals surface area contributed by atoms with Crippen molar-refractivity contribution in [1.82, 2.24) is 4.90 Å². The van der Waals surface area contributed by atoms with Crippen molar-refractivity contribution in [3.8, 4) is 5.75 Å². The van der Waals surface area contributed by atoms with E-state index < -0.39 is 0 Å². The molecule has 0 spiro atoms. The molecule has 1 aliphatic heterocycles. The van der Waals surface area contributed by atoms with Gasteiger partial charge in [-0.2, -0.15) is 0 Å². The summed E-state index contributed by atoms with van der Waals surface area (Å²) in [7, 11) is 1.38. The Morgan fingerprint density at radius 1 is 1.32 bits per heavy atom. The third kappa shape index (κ3) is 3.05. The lowest BCUT2D eigenvalue weighted by atomic mass is 9.96. The number of amides is 1. The molecule has 0 radical (unpaired) electrons. The van der Waals surface area contributed by atoms with Crippen LogP contribution in [0.2, 0.25) is 0 Å². The topological polar surface area (TPSA) is 66.8 Å². The molecule has 1 heterocycles. The van der Waals surface area contributed by atoms with Gasteiger partial charge in [-0.05, 0) is 31.0 Å². The third-order valence-electron chi connectivity index (χ3n) is 3.41. The minimum atomic E-state index is -0.204. The lowest BCUT2D eigenvalue weighted by molar-refractivity contribution is -0.146. The number of aromatic hydroxyl groups is 1. The average molecular weight is 263 g/mol. The molecule has 5 nitrogen and oxygen atoms in total. The Morgan fingerprint density at radius 3 is 2.58 bits per heavy atom. The van der Waals surface area contributed by atoms with Crippen molar-refractivity contribution in [3.05, 3.63) is 29.8 Å². The number of carbonyl (C=O) groups is 2. The quantitative estimate of drug-likeness (QED) is 0.819. The number of carbonyl (C=O) groups excluding carboxylic acids is 2. The van der Waals surface area contributed by atoms with Crippen LogP contribution in [0, 0.1) is 5.92 Å². The van der Waals surface area contributed by atoms with Crippen LogP contribution in [-0.2, 0) is 9.53 Å². The first-order valence-corrected chi connectivity index (χ1v) is 6.28. The number of hydrogen-bond acceptors (Lipinski definition) is 4. The van der Waals surface area contributed by atoms with Crippen LogP contribution in [0.25, 0.3) is 0 Å². The van der Waals surface area contributed by atoms with Crippen molar-refractivity contribution in [2.75, 3.05) is 20.2 Å². The van der Waals surface area contributed by atoms with Crippen LogP contribution in [0.4, 0.5) is 0 Å². The first kappa shape index (κ1) is 13.4. The summed E-state index contributed by atoms with van der Waals surface area (Å²) in [5.74, 6) is -0.350. The van der Waals surface area contributed by atoms with Crippen LogP contribution in [0.3, 0.4) is 0 Å². The van der Waals surface area contributed by atoms with Crippen molar-refractivity contribution < 1.29 is 19.4 Å². The van der Waals surface area contributed by atoms with E-state index in [1.807, 2.05) is 0 Å². The Bertz CT molecular complexity index is 478. The molecule has 1 fully saturated rings. The molecule has 0 unspecified atom stereocenters. The van der Waals surface area contributed by atoms with Crippen molar-refractivity contribution in [2.45, 2.75) is 12.8 Å². The maximum absolute atomic E-state index is 12.2. The molecule has 0 atom stereocenters. The highest BCUT2D eigenvalue weighted by atomic mass is 16.5. The second kappa shape index (κ2) is 5.73. The van der Waals surface area contributed by atoms with Gasteiger partial charge in [0.05, 0.1) is 13.0 Å². The van der Waals surface area contributed by atoms with Gasteiger partial charge in [0.2, 0.25) is 0 Å². The fourth-order valence-electron chi connectivity index (χ4n) is 2.31. The van der Waals surface area contributed by atoms with Crippen molar-refractivity contribution in [1.29, 1.82) is 0 Å². The zero-order valence-electron chi connectivity index (χ0n) is 10.8. The van der Waals surface area contributed by atoms with Gasteiger partial charge in [0.1, 0.15) is 5.75 Å². The monoisotopic (exact) mass is 263 g/mol. The number of nitrogens with zero attached hydrogens (tertiary/aromatic N) is 1. The lowest BCUT2D eigenvalue weighted by Crippen LogP contribution is -2.40. The zero-order valence-corrected chi connectivity index (χ0v) is 10.8. The number of phenols is 1. The Morgan fingerprint density at radius 2 is 2.00 bits per heavy atom. The van der Waals surface area contributed by atoms with Crippen LogP contribution in [-0.4, -0.2) is 42.1 Å². The number of rotatable bonds is 2. The molecule has 0 aromatic heterocycles. The summed E-state index contributed by atoms with van der Waals surface area (Å²) in [6.45, 7) is 1.07. The second-order valence-corrected chi connectivity index (χ2v) is 4.64. The molecule has 1 aromatic rings. The predicted octanol–water partition coefficient (Wildman–Crippen LogP) is 1.42. The second-order valence-electron chi connectivity index (χ2n) is 4.64. The molecule has 1 N–H and O–H groups in total. The van der Waals surface area contributed by atoms with E-state index in [2.05, 4.69) is 0 Å². The number of piperidine rings is 1. The molecule has 0 aliphatic carbocycles. The molecular weight excluding hydrogens is 246 g/mol. The summed E-state index contributed by atoms with van der Waals surface area (Å²) in [5.41, 5.74) is 0.469. The van der Waals surface area contributed by atoms with Crippen LogP contribution >= 0.6 is 0 Å². The summed E-state index contributed by atoms with van der Waals surface area (Å²) in [5, 5.41) is 9.38. The fraction of sp³-hybridized carbons (Fsp3) is 0.429. The number of ether oxygens (including phenoxy) is 1. The van der Waals surface area contributed by atoms with Crippen LogP contribution in [0.15, 0.2) is 24.3 Å². The van der Waals surface area contributed by atoms with E-state index in [9.17, 15) is 14.7 Å². The first-order chi connectivity index (χ1) is 9.11. The Kier molecular flexibility index (Phi) is 4.04. The summed E-state index contributed by atoms with van der Waals surface area (Å²) >= 11 is 0. The SMILES string of the molecule is COC(=O)C1CCN(C(=O)c2cccc(O)c2)CC1. The average Bonchev–Trinajstić information content (AvgIpc) is 2.46. The predicted molar refractivity (Wildman–Crippen MR) is 68.8 cm³/mol. The smallest absolute Gasteiger partial charge is 0.308 e. The molecule has 1 saturated heterocycles. The minimum Gasteiger partial charge on any atom is -0.508 e. The minimum absolute atomic E-state index is 0.0790. The van der Waals surface area contributed by atoms with Crippen LogP contribution < -0.4 is 0 Å². The Hall–Kier alpha value is -2.04. The maximum Gasteiger partial charge on any atom is 0.308 e. The summed E-state index contributed by atoms with van der Waals surface area (Å²) in [6, 6.07) is 6.30. The summed E-state index contributed by atoms with van der Waals surface area (Å²) in [4.78, 5) is 25.3. The van der Waals surface area contributed by atoms with E-state index >= 15 is 0 Å². The molecule has 1 amide bonds. The van der Waals surface area contributed by atoms with E-state index in [4.69, 9.17) is 4.74 Å². The van der Waals surface area contributed by atoms with Gasteiger partial charge in [-0.25, -0.2) is 0 Å². The lowest BCUT2D eigenvalue weighted by Gasteiger charge is -2.30. The van der Waals surface area contributed by atoms with Gasteiger partial charge >= 0.3 is 5.97 Å². The molecule has 2 rings (SSSR count). The Labute approximate surface area is 111 Å². The summed E-state index contributed by atoms with van der Waals surface area (Å²) in [6.07, 6.45) is 1.24. The van der Waals surface area contributed by atoms with Gasteiger partial charge in [0.15, 0.2) is 0 Å². The van der Waals surface area contributed by atoms with E-state index in [0.29, 0.717) is 31.5 Å². The van der Waals surface area contributed by atoms with E-state index in [-0.39, 0.29) is 23.5 Å². The fourth-order valence-corrected chi connectivity index (χ4v) is 2.31. The first-order valence-electron chi connectivity index (χ1n) is 6.28. The van der Waals surface area contributed by atoms with Gasteiger partial charge < -0.3 is 14.7 Å². The van der Waals surface area contributed by atoms with Gasteiger partial charge in [-0.15, -0.1) is 0 Å². The van der Waals surface area contributed by atoms with E-state index in [1.165, 1.54) is 19.2 Å². The van der Waals surface area contributed by atoms with Gasteiger partial charge in [-0.3, -0.25) is 9.59 Å². The molecular formula is C14H17NO4. The van der Waals surface area contributed by atoms with Crippen molar-refractivity contribution in [3.63, 3.8) is 0 Å². The number of esters is 1. The highest BCUT2D eigenvalue weighted by Gasteiger charge is 2.28.